The number of likely N-dealkylation sites (N-methyl/N-ethyl adjacent to an activating group) is 1. The van der Waals surface area contributed by atoms with Gasteiger partial charge in [0.05, 0.1) is 19.3 Å². The zero-order valence-electron chi connectivity index (χ0n) is 17.2. The van der Waals surface area contributed by atoms with E-state index >= 15 is 0 Å². The highest BCUT2D eigenvalue weighted by molar-refractivity contribution is 5.96. The van der Waals surface area contributed by atoms with Gasteiger partial charge in [-0.05, 0) is 39.0 Å². The van der Waals surface area contributed by atoms with Crippen molar-refractivity contribution in [3.05, 3.63) is 29.2 Å². The largest absolute Gasteiger partial charge is 0.361 e. The van der Waals surface area contributed by atoms with Crippen molar-refractivity contribution >= 4 is 5.91 Å². The maximum atomic E-state index is 13.2. The molecule has 2 N–H and O–H groups in total. The fourth-order valence-electron chi connectivity index (χ4n) is 4.36. The monoisotopic (exact) mass is 376 g/mol. The lowest BCUT2D eigenvalue weighted by Gasteiger charge is -2.30. The first-order chi connectivity index (χ1) is 13.0. The Morgan fingerprint density at radius 1 is 1.26 bits per heavy atom. The van der Waals surface area contributed by atoms with Crippen LogP contribution in [0, 0.1) is 19.8 Å². The van der Waals surface area contributed by atoms with Crippen molar-refractivity contribution in [2.45, 2.75) is 39.5 Å². The van der Waals surface area contributed by atoms with Crippen LogP contribution in [0.15, 0.2) is 16.7 Å². The molecular formula is C21H36N4O2+2. The van der Waals surface area contributed by atoms with Gasteiger partial charge in [0.2, 0.25) is 0 Å². The lowest BCUT2D eigenvalue weighted by atomic mass is 9.93. The second-order valence-corrected chi connectivity index (χ2v) is 8.41. The summed E-state index contributed by atoms with van der Waals surface area (Å²) >= 11 is 0. The molecule has 0 aromatic carbocycles. The first kappa shape index (κ1) is 20.1. The first-order valence-corrected chi connectivity index (χ1v) is 10.6. The van der Waals surface area contributed by atoms with E-state index in [0.717, 1.165) is 38.9 Å². The summed E-state index contributed by atoms with van der Waals surface area (Å²) in [6.07, 6.45) is 8.98. The molecule has 0 spiro atoms. The third-order valence-corrected chi connectivity index (χ3v) is 6.16. The smallest absolute Gasteiger partial charge is 0.259 e. The van der Waals surface area contributed by atoms with E-state index in [1.165, 1.54) is 32.6 Å². The van der Waals surface area contributed by atoms with Gasteiger partial charge in [-0.3, -0.25) is 4.79 Å². The van der Waals surface area contributed by atoms with E-state index < -0.39 is 0 Å². The number of amides is 1. The maximum absolute atomic E-state index is 13.2. The quantitative estimate of drug-likeness (QED) is 0.653. The molecule has 0 unspecified atom stereocenters. The summed E-state index contributed by atoms with van der Waals surface area (Å²) in [6, 6.07) is 0. The van der Waals surface area contributed by atoms with Gasteiger partial charge in [0.15, 0.2) is 0 Å². The minimum Gasteiger partial charge on any atom is -0.361 e. The molecule has 1 aromatic rings. The summed E-state index contributed by atoms with van der Waals surface area (Å²) < 4.78 is 5.25. The molecule has 1 amide bonds. The van der Waals surface area contributed by atoms with Crippen molar-refractivity contribution in [3.63, 3.8) is 0 Å². The van der Waals surface area contributed by atoms with Crippen LogP contribution in [-0.4, -0.2) is 68.8 Å². The molecule has 0 radical (unpaired) electrons. The van der Waals surface area contributed by atoms with Crippen LogP contribution in [0.5, 0.6) is 0 Å². The number of nitrogens with one attached hydrogen (secondary N) is 2. The van der Waals surface area contributed by atoms with Crippen LogP contribution in [-0.2, 0) is 0 Å². The van der Waals surface area contributed by atoms with Gasteiger partial charge in [0.1, 0.15) is 37.5 Å². The van der Waals surface area contributed by atoms with Crippen LogP contribution in [0.2, 0.25) is 0 Å². The lowest BCUT2D eigenvalue weighted by Crippen LogP contribution is -3.27. The summed E-state index contributed by atoms with van der Waals surface area (Å²) in [5.41, 5.74) is 1.37. The van der Waals surface area contributed by atoms with Crippen molar-refractivity contribution in [1.29, 1.82) is 0 Å². The Kier molecular flexibility index (Phi) is 7.07. The van der Waals surface area contributed by atoms with Crippen LogP contribution >= 0.6 is 0 Å². The standard InChI is InChI=1S/C21H34N4O2/c1-17-20(18(2)27-22-17)21(26)25(16-19-8-5-4-6-9-19)11-7-10-24-14-12-23(3)13-15-24/h4-5,19H,6-16H2,1-3H3/p+2/t19-/m0/s1. The third-order valence-electron chi connectivity index (χ3n) is 6.16. The Hall–Kier alpha value is -1.66. The number of quaternary nitrogens is 2. The van der Waals surface area contributed by atoms with Crippen LogP contribution in [0.4, 0.5) is 0 Å². The lowest BCUT2D eigenvalue weighted by molar-refractivity contribution is -1.00. The van der Waals surface area contributed by atoms with Crippen molar-refractivity contribution in [2.75, 3.05) is 52.9 Å². The molecule has 0 bridgehead atoms. The number of carbonyl (C=O) groups is 1. The van der Waals surface area contributed by atoms with E-state index in [2.05, 4.69) is 29.3 Å². The molecule has 150 valence electrons. The fraction of sp³-hybridized carbons (Fsp3) is 0.714. The minimum atomic E-state index is 0.0959. The zero-order valence-corrected chi connectivity index (χ0v) is 17.2. The van der Waals surface area contributed by atoms with Crippen molar-refractivity contribution < 1.29 is 19.1 Å². The van der Waals surface area contributed by atoms with Gasteiger partial charge in [-0.25, -0.2) is 0 Å². The molecule has 6 heteroatoms. The van der Waals surface area contributed by atoms with E-state index in [9.17, 15) is 4.79 Å². The summed E-state index contributed by atoms with van der Waals surface area (Å²) in [7, 11) is 2.28. The number of carbonyl (C=O) groups excluding carboxylic acids is 1. The summed E-state index contributed by atoms with van der Waals surface area (Å²) in [6.45, 7) is 11.5. The number of allylic oxidation sites excluding steroid dienone is 2. The number of aromatic nitrogens is 1. The molecule has 2 heterocycles. The number of nitrogens with zero attached hydrogens (tertiary/aromatic N) is 2. The second kappa shape index (κ2) is 9.51. The average molecular weight is 377 g/mol. The van der Waals surface area contributed by atoms with Crippen LogP contribution < -0.4 is 9.80 Å². The number of piperazine rings is 1. The highest BCUT2D eigenvalue weighted by Gasteiger charge is 2.26. The van der Waals surface area contributed by atoms with Gasteiger partial charge in [-0.15, -0.1) is 0 Å². The third kappa shape index (κ3) is 5.42. The molecular weight excluding hydrogens is 340 g/mol. The minimum absolute atomic E-state index is 0.0959. The molecule has 3 rings (SSSR count). The highest BCUT2D eigenvalue weighted by Crippen LogP contribution is 2.22. The Labute approximate surface area is 163 Å². The summed E-state index contributed by atoms with van der Waals surface area (Å²) in [4.78, 5) is 18.6. The van der Waals surface area contributed by atoms with Gasteiger partial charge in [0.25, 0.3) is 5.91 Å². The Morgan fingerprint density at radius 3 is 2.67 bits per heavy atom. The normalized spacial score (nSPS) is 25.5. The Bertz CT molecular complexity index is 627. The molecule has 1 atom stereocenters. The van der Waals surface area contributed by atoms with Gasteiger partial charge in [-0.1, -0.05) is 17.3 Å². The van der Waals surface area contributed by atoms with E-state index in [-0.39, 0.29) is 5.91 Å². The average Bonchev–Trinajstić information content (AvgIpc) is 3.01. The second-order valence-electron chi connectivity index (χ2n) is 8.41. The Balaban J connectivity index is 1.60. The van der Waals surface area contributed by atoms with Crippen molar-refractivity contribution in [3.8, 4) is 0 Å². The van der Waals surface area contributed by atoms with Crippen molar-refractivity contribution in [2.24, 2.45) is 5.92 Å². The van der Waals surface area contributed by atoms with Gasteiger partial charge in [-0.2, -0.15) is 0 Å². The Morgan fingerprint density at radius 2 is 2.04 bits per heavy atom. The molecule has 1 saturated heterocycles. The van der Waals surface area contributed by atoms with Crippen molar-refractivity contribution in [1.82, 2.24) is 10.1 Å². The zero-order chi connectivity index (χ0) is 19.2. The highest BCUT2D eigenvalue weighted by atomic mass is 16.5. The topological polar surface area (TPSA) is 55.2 Å². The van der Waals surface area contributed by atoms with Gasteiger partial charge in [0, 0.05) is 19.5 Å². The van der Waals surface area contributed by atoms with E-state index in [1.807, 2.05) is 13.8 Å². The number of hydrogen-bond donors (Lipinski definition) is 2. The van der Waals surface area contributed by atoms with Crippen LogP contribution in [0.3, 0.4) is 0 Å². The summed E-state index contributed by atoms with van der Waals surface area (Å²) in [5.74, 6) is 1.30. The fourth-order valence-corrected chi connectivity index (χ4v) is 4.36. The maximum Gasteiger partial charge on any atom is 0.259 e. The number of rotatable bonds is 7. The molecule has 27 heavy (non-hydrogen) atoms. The van der Waals surface area contributed by atoms with Crippen LogP contribution in [0.1, 0.15) is 47.5 Å². The predicted octanol–water partition coefficient (Wildman–Crippen LogP) is -0.107. The molecule has 2 aliphatic rings. The van der Waals surface area contributed by atoms with E-state index in [1.54, 1.807) is 9.80 Å². The van der Waals surface area contributed by atoms with Gasteiger partial charge >= 0.3 is 0 Å². The van der Waals surface area contributed by atoms with Gasteiger partial charge < -0.3 is 19.2 Å². The summed E-state index contributed by atoms with van der Waals surface area (Å²) in [5, 5.41) is 3.99. The molecule has 6 nitrogen and oxygen atoms in total. The molecule has 1 fully saturated rings. The molecule has 0 saturated carbocycles. The SMILES string of the molecule is Cc1noc(C)c1C(=O)N(CCC[NH+]1CC[NH+](C)CC1)C[C@H]1CC=CCC1. The number of hydrogen-bond acceptors (Lipinski definition) is 3. The predicted molar refractivity (Wildman–Crippen MR) is 105 cm³/mol. The molecule has 1 aliphatic heterocycles. The van der Waals surface area contributed by atoms with E-state index in [0.29, 0.717) is 22.9 Å². The first-order valence-electron chi connectivity index (χ1n) is 10.6. The molecule has 1 aliphatic carbocycles. The molecule has 1 aromatic heterocycles. The van der Waals surface area contributed by atoms with E-state index in [4.69, 9.17) is 4.52 Å². The van der Waals surface area contributed by atoms with Crippen LogP contribution in [0.25, 0.3) is 0 Å². The number of aryl methyl sites for hydroxylation is 2.